The van der Waals surface area contributed by atoms with Crippen LogP contribution in [0.3, 0.4) is 0 Å². The number of benzene rings is 1. The third kappa shape index (κ3) is 9.01. The molecule has 30 heavy (non-hydrogen) atoms. The number of amides is 1. The van der Waals surface area contributed by atoms with Crippen LogP contribution in [-0.2, 0) is 9.53 Å². The Morgan fingerprint density at radius 3 is 2.53 bits per heavy atom. The van der Waals surface area contributed by atoms with E-state index in [2.05, 4.69) is 35.6 Å². The summed E-state index contributed by atoms with van der Waals surface area (Å²) in [5.41, 5.74) is 0.615. The summed E-state index contributed by atoms with van der Waals surface area (Å²) in [4.78, 5) is 23.6. The van der Waals surface area contributed by atoms with E-state index in [0.29, 0.717) is 5.56 Å². The highest BCUT2D eigenvalue weighted by atomic mass is 16.5. The maximum absolute atomic E-state index is 12.5. The van der Waals surface area contributed by atoms with Gasteiger partial charge in [0.15, 0.2) is 6.10 Å². The number of nitrogens with one attached hydrogen (secondary N) is 1. The van der Waals surface area contributed by atoms with Crippen molar-refractivity contribution < 1.29 is 14.3 Å². The Balaban J connectivity index is 1.98. The number of rotatable bonds is 8. The second-order valence-corrected chi connectivity index (χ2v) is 7.63. The molecule has 1 N–H and O–H groups in total. The lowest BCUT2D eigenvalue weighted by atomic mass is 9.85. The Morgan fingerprint density at radius 2 is 1.87 bits per heavy atom. The molecule has 0 heterocycles. The Labute approximate surface area is 180 Å². The van der Waals surface area contributed by atoms with Crippen molar-refractivity contribution in [2.45, 2.75) is 70.4 Å². The quantitative estimate of drug-likeness (QED) is 0.389. The molecule has 158 valence electrons. The van der Waals surface area contributed by atoms with Gasteiger partial charge in [0.05, 0.1) is 6.04 Å². The van der Waals surface area contributed by atoms with Crippen LogP contribution < -0.4 is 5.32 Å². The highest BCUT2D eigenvalue weighted by molar-refractivity contribution is 5.94. The minimum Gasteiger partial charge on any atom is -0.445 e. The van der Waals surface area contributed by atoms with E-state index < -0.39 is 12.1 Å². The standard InChI is InChI=1S/C26H31NO3/c1-3-25(30-21(2)28)20-11-10-18-24(19-12-15-22-13-6-4-7-14-22)27-26(29)23-16-8-5-9-17-23/h3,5,8-9,16-17,22,24-25H,1,4,6-7,12-15,19H2,2H3,(H,27,29)/t24-,25-/m0/s1. The number of carbonyl (C=O) groups is 2. The lowest BCUT2D eigenvalue weighted by Crippen LogP contribution is -2.34. The molecule has 1 aliphatic carbocycles. The summed E-state index contributed by atoms with van der Waals surface area (Å²) in [5, 5.41) is 3.02. The Hall–Kier alpha value is -2.98. The summed E-state index contributed by atoms with van der Waals surface area (Å²) in [6.45, 7) is 4.93. The number of esters is 1. The molecule has 1 fully saturated rings. The lowest BCUT2D eigenvalue weighted by molar-refractivity contribution is -0.142. The predicted octanol–water partition coefficient (Wildman–Crippen LogP) is 4.66. The van der Waals surface area contributed by atoms with Gasteiger partial charge in [-0.15, -0.1) is 0 Å². The van der Waals surface area contributed by atoms with E-state index >= 15 is 0 Å². The normalized spacial score (nSPS) is 15.4. The second kappa shape index (κ2) is 13.3. The highest BCUT2D eigenvalue weighted by Gasteiger charge is 2.15. The van der Waals surface area contributed by atoms with Crippen LogP contribution in [0.1, 0.15) is 68.6 Å². The molecule has 4 nitrogen and oxygen atoms in total. The average Bonchev–Trinajstić information content (AvgIpc) is 2.76. The predicted molar refractivity (Wildman–Crippen MR) is 119 cm³/mol. The summed E-state index contributed by atoms with van der Waals surface area (Å²) in [6, 6.07) is 8.87. The zero-order valence-electron chi connectivity index (χ0n) is 17.8. The molecule has 0 saturated heterocycles. The third-order valence-electron chi connectivity index (χ3n) is 5.20. The topological polar surface area (TPSA) is 55.4 Å². The first-order valence-corrected chi connectivity index (χ1v) is 10.7. The number of hydrogen-bond donors (Lipinski definition) is 1. The van der Waals surface area contributed by atoms with Crippen LogP contribution in [0.2, 0.25) is 0 Å². The first-order chi connectivity index (χ1) is 14.6. The van der Waals surface area contributed by atoms with Gasteiger partial charge in [0.25, 0.3) is 5.91 Å². The van der Waals surface area contributed by atoms with Crippen molar-refractivity contribution in [2.75, 3.05) is 0 Å². The summed E-state index contributed by atoms with van der Waals surface area (Å²) >= 11 is 0. The van der Waals surface area contributed by atoms with Gasteiger partial charge in [0.1, 0.15) is 0 Å². The van der Waals surface area contributed by atoms with Gasteiger partial charge in [-0.25, -0.2) is 0 Å². The number of hydrogen-bond acceptors (Lipinski definition) is 3. The third-order valence-corrected chi connectivity index (χ3v) is 5.20. The van der Waals surface area contributed by atoms with Crippen LogP contribution >= 0.6 is 0 Å². The molecular formula is C26H31NO3. The van der Waals surface area contributed by atoms with Gasteiger partial charge in [-0.3, -0.25) is 9.59 Å². The molecule has 1 saturated carbocycles. The average molecular weight is 406 g/mol. The summed E-state index contributed by atoms with van der Waals surface area (Å²) in [5.74, 6) is 11.6. The van der Waals surface area contributed by atoms with Crippen molar-refractivity contribution in [3.63, 3.8) is 0 Å². The molecular weight excluding hydrogens is 374 g/mol. The van der Waals surface area contributed by atoms with Crippen molar-refractivity contribution in [3.8, 4) is 23.7 Å². The van der Waals surface area contributed by atoms with E-state index in [1.807, 2.05) is 18.2 Å². The van der Waals surface area contributed by atoms with Crippen LogP contribution in [0, 0.1) is 29.6 Å². The van der Waals surface area contributed by atoms with Crippen molar-refractivity contribution in [3.05, 3.63) is 48.6 Å². The van der Waals surface area contributed by atoms with E-state index in [-0.39, 0.29) is 11.9 Å². The van der Waals surface area contributed by atoms with Crippen LogP contribution in [0.5, 0.6) is 0 Å². The zero-order valence-corrected chi connectivity index (χ0v) is 17.8. The van der Waals surface area contributed by atoms with Gasteiger partial charge >= 0.3 is 5.97 Å². The van der Waals surface area contributed by atoms with Crippen molar-refractivity contribution in [1.82, 2.24) is 5.32 Å². The van der Waals surface area contributed by atoms with Crippen molar-refractivity contribution >= 4 is 11.9 Å². The molecule has 1 aromatic carbocycles. The molecule has 0 bridgehead atoms. The molecule has 2 rings (SSSR count). The fourth-order valence-corrected chi connectivity index (χ4v) is 3.64. The maximum atomic E-state index is 12.5. The summed E-state index contributed by atoms with van der Waals surface area (Å²) in [6.07, 6.45) is 10.4. The van der Waals surface area contributed by atoms with Crippen LogP contribution in [0.4, 0.5) is 0 Å². The SMILES string of the molecule is C=C[C@@H](C#CC#C[C@@H](CCCC1CCCCC1)NC(=O)c1ccccc1)OC(C)=O. The largest absolute Gasteiger partial charge is 0.445 e. The Bertz CT molecular complexity index is 817. The fraction of sp³-hybridized carbons (Fsp3) is 0.462. The van der Waals surface area contributed by atoms with Gasteiger partial charge in [-0.05, 0) is 48.3 Å². The number of ether oxygens (including phenoxy) is 1. The zero-order chi connectivity index (χ0) is 21.6. The van der Waals surface area contributed by atoms with E-state index in [0.717, 1.165) is 18.8 Å². The smallest absolute Gasteiger partial charge is 0.304 e. The summed E-state index contributed by atoms with van der Waals surface area (Å²) < 4.78 is 4.99. The molecule has 0 aromatic heterocycles. The molecule has 1 amide bonds. The maximum Gasteiger partial charge on any atom is 0.304 e. The van der Waals surface area contributed by atoms with Gasteiger partial charge in [-0.1, -0.05) is 75.6 Å². The van der Waals surface area contributed by atoms with Gasteiger partial charge in [-0.2, -0.15) is 0 Å². The minimum atomic E-state index is -0.680. The van der Waals surface area contributed by atoms with Crippen LogP contribution in [-0.4, -0.2) is 24.0 Å². The van der Waals surface area contributed by atoms with E-state index in [9.17, 15) is 9.59 Å². The Kier molecular flexibility index (Phi) is 10.3. The monoisotopic (exact) mass is 405 g/mol. The Morgan fingerprint density at radius 1 is 1.17 bits per heavy atom. The second-order valence-electron chi connectivity index (χ2n) is 7.63. The lowest BCUT2D eigenvalue weighted by Gasteiger charge is -2.22. The molecule has 2 atom stereocenters. The van der Waals surface area contributed by atoms with Gasteiger partial charge < -0.3 is 10.1 Å². The molecule has 4 heteroatoms. The first-order valence-electron chi connectivity index (χ1n) is 10.7. The minimum absolute atomic E-state index is 0.135. The molecule has 0 unspecified atom stereocenters. The van der Waals surface area contributed by atoms with E-state index in [1.54, 1.807) is 12.1 Å². The molecule has 0 spiro atoms. The molecule has 0 aliphatic heterocycles. The highest BCUT2D eigenvalue weighted by Crippen LogP contribution is 2.27. The molecule has 1 aliphatic rings. The van der Waals surface area contributed by atoms with E-state index in [1.165, 1.54) is 51.5 Å². The first kappa shape index (κ1) is 23.3. The van der Waals surface area contributed by atoms with Crippen LogP contribution in [0.25, 0.3) is 0 Å². The molecule has 0 radical (unpaired) electrons. The van der Waals surface area contributed by atoms with Gasteiger partial charge in [0.2, 0.25) is 0 Å². The van der Waals surface area contributed by atoms with E-state index in [4.69, 9.17) is 4.74 Å². The van der Waals surface area contributed by atoms with Gasteiger partial charge in [0, 0.05) is 12.5 Å². The molecule has 1 aromatic rings. The number of carbonyl (C=O) groups excluding carboxylic acids is 2. The summed E-state index contributed by atoms with van der Waals surface area (Å²) in [7, 11) is 0. The van der Waals surface area contributed by atoms with Crippen molar-refractivity contribution in [1.29, 1.82) is 0 Å². The van der Waals surface area contributed by atoms with Crippen molar-refractivity contribution in [2.24, 2.45) is 5.92 Å². The van der Waals surface area contributed by atoms with Crippen LogP contribution in [0.15, 0.2) is 43.0 Å². The fourth-order valence-electron chi connectivity index (χ4n) is 3.64.